The Balaban J connectivity index is 1.94. The van der Waals surface area contributed by atoms with Crippen molar-refractivity contribution in [3.63, 3.8) is 0 Å². The molecule has 1 aromatic carbocycles. The molecule has 2 rings (SSSR count). The van der Waals surface area contributed by atoms with Crippen LogP contribution in [0.25, 0.3) is 0 Å². The lowest BCUT2D eigenvalue weighted by molar-refractivity contribution is 0.0922. The molecule has 0 atom stereocenters. The van der Waals surface area contributed by atoms with E-state index < -0.39 is 0 Å². The Morgan fingerprint density at radius 2 is 2.05 bits per heavy atom. The minimum atomic E-state index is -0.316. The van der Waals surface area contributed by atoms with Gasteiger partial charge in [0.2, 0.25) is 0 Å². The Morgan fingerprint density at radius 1 is 1.37 bits per heavy atom. The fourth-order valence-electron chi connectivity index (χ4n) is 2.40. The Labute approximate surface area is 131 Å². The predicted octanol–water partition coefficient (Wildman–Crippen LogP) is 3.96. The normalized spacial score (nSPS) is 23.1. The van der Waals surface area contributed by atoms with Gasteiger partial charge in [-0.25, -0.2) is 4.39 Å². The average Bonchev–Trinajstić information content (AvgIpc) is 2.39. The van der Waals surface area contributed by atoms with Gasteiger partial charge in [0.1, 0.15) is 5.82 Å². The van der Waals surface area contributed by atoms with Crippen molar-refractivity contribution in [1.29, 1.82) is 0 Å². The quantitative estimate of drug-likeness (QED) is 0.609. The van der Waals surface area contributed by atoms with Crippen molar-refractivity contribution in [3.8, 4) is 0 Å². The van der Waals surface area contributed by atoms with Crippen LogP contribution in [0, 0.1) is 15.3 Å². The van der Waals surface area contributed by atoms with E-state index in [0.717, 1.165) is 25.7 Å². The molecular weight excluding hydrogens is 380 g/mol. The molecule has 1 amide bonds. The molecule has 1 aliphatic carbocycles. The fourth-order valence-corrected chi connectivity index (χ4v) is 3.43. The van der Waals surface area contributed by atoms with E-state index in [0.29, 0.717) is 20.9 Å². The van der Waals surface area contributed by atoms with Gasteiger partial charge >= 0.3 is 0 Å². The molecular formula is C14H16ClFINO. The van der Waals surface area contributed by atoms with E-state index in [-0.39, 0.29) is 17.8 Å². The molecule has 0 aliphatic heterocycles. The number of hydrogen-bond acceptors (Lipinski definition) is 1. The summed E-state index contributed by atoms with van der Waals surface area (Å²) in [4.78, 5) is 12.1. The largest absolute Gasteiger partial charge is 0.349 e. The molecule has 0 aromatic heterocycles. The van der Waals surface area contributed by atoms with E-state index in [1.54, 1.807) is 0 Å². The molecule has 1 N–H and O–H groups in total. The Hall–Kier alpha value is -0.360. The van der Waals surface area contributed by atoms with Gasteiger partial charge in [-0.2, -0.15) is 0 Å². The van der Waals surface area contributed by atoms with E-state index in [9.17, 15) is 9.18 Å². The highest BCUT2D eigenvalue weighted by molar-refractivity contribution is 14.1. The van der Waals surface area contributed by atoms with Crippen molar-refractivity contribution in [1.82, 2.24) is 5.32 Å². The van der Waals surface area contributed by atoms with Gasteiger partial charge < -0.3 is 5.32 Å². The number of alkyl halides is 1. The molecule has 0 unspecified atom stereocenters. The molecule has 2 nitrogen and oxygen atoms in total. The molecule has 0 bridgehead atoms. The Kier molecular flexibility index (Phi) is 5.45. The van der Waals surface area contributed by atoms with Gasteiger partial charge in [-0.3, -0.25) is 4.79 Å². The Bertz CT molecular complexity index is 461. The molecule has 1 fully saturated rings. The summed E-state index contributed by atoms with van der Waals surface area (Å²) >= 11 is 7.83. The Morgan fingerprint density at radius 3 is 2.63 bits per heavy atom. The molecule has 0 heterocycles. The highest BCUT2D eigenvalue weighted by atomic mass is 127. The molecule has 0 radical (unpaired) electrons. The van der Waals surface area contributed by atoms with Gasteiger partial charge in [-0.15, -0.1) is 11.6 Å². The van der Waals surface area contributed by atoms with E-state index in [4.69, 9.17) is 11.6 Å². The maximum atomic E-state index is 13.0. The summed E-state index contributed by atoms with van der Waals surface area (Å²) in [6.45, 7) is 0. The monoisotopic (exact) mass is 395 g/mol. The molecule has 1 saturated carbocycles. The second kappa shape index (κ2) is 6.88. The molecule has 0 saturated heterocycles. The van der Waals surface area contributed by atoms with Crippen LogP contribution in [0.15, 0.2) is 18.2 Å². The first-order chi connectivity index (χ1) is 9.10. The van der Waals surface area contributed by atoms with Crippen molar-refractivity contribution < 1.29 is 9.18 Å². The highest BCUT2D eigenvalue weighted by Crippen LogP contribution is 2.25. The van der Waals surface area contributed by atoms with Gasteiger partial charge in [-0.1, -0.05) is 0 Å². The fraction of sp³-hybridized carbons (Fsp3) is 0.500. The number of benzene rings is 1. The van der Waals surface area contributed by atoms with Crippen molar-refractivity contribution >= 4 is 40.1 Å². The van der Waals surface area contributed by atoms with Crippen molar-refractivity contribution in [2.24, 2.45) is 5.92 Å². The lowest BCUT2D eigenvalue weighted by Gasteiger charge is -2.28. The van der Waals surface area contributed by atoms with Gasteiger partial charge in [0.05, 0.1) is 5.56 Å². The third-order valence-electron chi connectivity index (χ3n) is 3.58. The molecule has 19 heavy (non-hydrogen) atoms. The third kappa shape index (κ3) is 4.05. The highest BCUT2D eigenvalue weighted by Gasteiger charge is 2.22. The predicted molar refractivity (Wildman–Crippen MR) is 83.0 cm³/mol. The topological polar surface area (TPSA) is 29.1 Å². The molecule has 0 spiro atoms. The van der Waals surface area contributed by atoms with Gasteiger partial charge in [0.25, 0.3) is 5.91 Å². The number of amides is 1. The summed E-state index contributed by atoms with van der Waals surface area (Å²) in [6.07, 6.45) is 4.08. The first kappa shape index (κ1) is 15.0. The first-order valence-corrected chi connectivity index (χ1v) is 8.03. The maximum absolute atomic E-state index is 13.0. The summed E-state index contributed by atoms with van der Waals surface area (Å²) in [5.74, 6) is 0.861. The number of rotatable bonds is 3. The number of carbonyl (C=O) groups excluding carboxylic acids is 1. The van der Waals surface area contributed by atoms with E-state index in [1.165, 1.54) is 18.2 Å². The van der Waals surface area contributed by atoms with Crippen LogP contribution in [-0.4, -0.2) is 17.8 Å². The summed E-state index contributed by atoms with van der Waals surface area (Å²) in [5, 5.41) is 3.03. The SMILES string of the molecule is O=C(NC1CCC(CCl)CC1)c1ccc(F)cc1I. The molecule has 104 valence electrons. The number of halogens is 3. The zero-order valence-corrected chi connectivity index (χ0v) is 13.4. The maximum Gasteiger partial charge on any atom is 0.252 e. The average molecular weight is 396 g/mol. The summed E-state index contributed by atoms with van der Waals surface area (Å²) in [7, 11) is 0. The molecule has 1 aromatic rings. The van der Waals surface area contributed by atoms with Gasteiger partial charge in [0.15, 0.2) is 0 Å². The molecule has 1 aliphatic rings. The van der Waals surface area contributed by atoms with Crippen molar-refractivity contribution in [3.05, 3.63) is 33.1 Å². The van der Waals surface area contributed by atoms with E-state index in [2.05, 4.69) is 5.32 Å². The van der Waals surface area contributed by atoms with Gasteiger partial charge in [0, 0.05) is 15.5 Å². The van der Waals surface area contributed by atoms with Crippen LogP contribution >= 0.6 is 34.2 Å². The molecule has 5 heteroatoms. The van der Waals surface area contributed by atoms with Crippen LogP contribution in [0.4, 0.5) is 4.39 Å². The van der Waals surface area contributed by atoms with E-state index >= 15 is 0 Å². The first-order valence-electron chi connectivity index (χ1n) is 6.42. The standard InChI is InChI=1S/C14H16ClFINO/c15-8-9-1-4-11(5-2-9)18-14(19)12-6-3-10(16)7-13(12)17/h3,6-7,9,11H,1-2,4-5,8H2,(H,18,19). The van der Waals surface area contributed by atoms with Crippen LogP contribution < -0.4 is 5.32 Å². The second-order valence-corrected chi connectivity index (χ2v) is 6.44. The number of hydrogen-bond donors (Lipinski definition) is 1. The van der Waals surface area contributed by atoms with Crippen LogP contribution in [0.2, 0.25) is 0 Å². The zero-order valence-electron chi connectivity index (χ0n) is 10.5. The van der Waals surface area contributed by atoms with Crippen LogP contribution in [0.5, 0.6) is 0 Å². The lowest BCUT2D eigenvalue weighted by Crippen LogP contribution is -2.38. The summed E-state index contributed by atoms with van der Waals surface area (Å²) in [6, 6.07) is 4.45. The zero-order chi connectivity index (χ0) is 13.8. The van der Waals surface area contributed by atoms with Crippen LogP contribution in [-0.2, 0) is 0 Å². The van der Waals surface area contributed by atoms with Crippen molar-refractivity contribution in [2.45, 2.75) is 31.7 Å². The number of nitrogens with one attached hydrogen (secondary N) is 1. The van der Waals surface area contributed by atoms with Gasteiger partial charge in [-0.05, 0) is 72.4 Å². The minimum Gasteiger partial charge on any atom is -0.349 e. The lowest BCUT2D eigenvalue weighted by atomic mass is 9.87. The third-order valence-corrected chi connectivity index (χ3v) is 4.90. The summed E-state index contributed by atoms with van der Waals surface area (Å²) < 4.78 is 13.6. The van der Waals surface area contributed by atoms with Crippen LogP contribution in [0.3, 0.4) is 0 Å². The van der Waals surface area contributed by atoms with Crippen molar-refractivity contribution in [2.75, 3.05) is 5.88 Å². The van der Waals surface area contributed by atoms with E-state index in [1.807, 2.05) is 22.6 Å². The van der Waals surface area contributed by atoms with Crippen LogP contribution in [0.1, 0.15) is 36.0 Å². The summed E-state index contributed by atoms with van der Waals surface area (Å²) in [5.41, 5.74) is 0.543. The minimum absolute atomic E-state index is 0.112. The smallest absolute Gasteiger partial charge is 0.252 e. The number of carbonyl (C=O) groups is 1. The second-order valence-electron chi connectivity index (χ2n) is 4.97.